The molecule has 0 spiro atoms. The summed E-state index contributed by atoms with van der Waals surface area (Å²) in [6.07, 6.45) is 0. The van der Waals surface area contributed by atoms with Crippen molar-refractivity contribution in [3.05, 3.63) is 28.5 Å². The zero-order valence-corrected chi connectivity index (χ0v) is 10.2. The van der Waals surface area contributed by atoms with E-state index in [2.05, 4.69) is 26.1 Å². The highest BCUT2D eigenvalue weighted by molar-refractivity contribution is 9.10. The summed E-state index contributed by atoms with van der Waals surface area (Å²) >= 11 is 3.41. The predicted molar refractivity (Wildman–Crippen MR) is 61.9 cm³/mol. The van der Waals surface area contributed by atoms with Gasteiger partial charge in [0.2, 0.25) is 0 Å². The Balaban J connectivity index is 2.45. The molecule has 0 bridgehead atoms. The van der Waals surface area contributed by atoms with Crippen molar-refractivity contribution in [2.24, 2.45) is 5.73 Å². The van der Waals surface area contributed by atoms with Gasteiger partial charge in [-0.1, -0.05) is 5.16 Å². The Morgan fingerprint density at radius 1 is 1.50 bits per heavy atom. The highest BCUT2D eigenvalue weighted by atomic mass is 79.9. The molecule has 6 heteroatoms. The molecular weight excluding hydrogens is 274 g/mol. The van der Waals surface area contributed by atoms with Crippen LogP contribution < -0.4 is 10.5 Å². The first-order chi connectivity index (χ1) is 7.74. The number of nitrogens with two attached hydrogens (primary N) is 1. The predicted octanol–water partition coefficient (Wildman–Crippen LogP) is 1.97. The van der Waals surface area contributed by atoms with Crippen molar-refractivity contribution in [1.29, 1.82) is 0 Å². The molecule has 0 saturated carbocycles. The van der Waals surface area contributed by atoms with E-state index in [0.29, 0.717) is 11.7 Å². The number of hydrogen-bond acceptors (Lipinski definition) is 5. The fourth-order valence-corrected chi connectivity index (χ4v) is 1.66. The van der Waals surface area contributed by atoms with Gasteiger partial charge in [-0.25, -0.2) is 0 Å². The third kappa shape index (κ3) is 2.07. The lowest BCUT2D eigenvalue weighted by Crippen LogP contribution is -1.97. The third-order valence-corrected chi connectivity index (χ3v) is 2.75. The summed E-state index contributed by atoms with van der Waals surface area (Å²) in [5.41, 5.74) is 6.20. The zero-order valence-electron chi connectivity index (χ0n) is 8.61. The molecule has 0 unspecified atom stereocenters. The number of nitrogens with zero attached hydrogens (tertiary/aromatic N) is 2. The summed E-state index contributed by atoms with van der Waals surface area (Å²) in [6.45, 7) is 0.255. The lowest BCUT2D eigenvalue weighted by Gasteiger charge is -2.02. The maximum atomic E-state index is 5.41. The van der Waals surface area contributed by atoms with Crippen LogP contribution in [0.5, 0.6) is 5.75 Å². The van der Waals surface area contributed by atoms with Crippen LogP contribution in [0.1, 0.15) is 5.82 Å². The molecule has 2 N–H and O–H groups in total. The van der Waals surface area contributed by atoms with E-state index >= 15 is 0 Å². The Labute approximate surface area is 101 Å². The van der Waals surface area contributed by atoms with Gasteiger partial charge in [0, 0.05) is 4.47 Å². The minimum absolute atomic E-state index is 0.255. The molecule has 0 aliphatic rings. The van der Waals surface area contributed by atoms with E-state index in [1.165, 1.54) is 0 Å². The van der Waals surface area contributed by atoms with Crippen molar-refractivity contribution in [2.45, 2.75) is 6.54 Å². The van der Waals surface area contributed by atoms with Crippen LogP contribution in [0.4, 0.5) is 0 Å². The van der Waals surface area contributed by atoms with Gasteiger partial charge in [-0.3, -0.25) is 0 Å². The van der Waals surface area contributed by atoms with Gasteiger partial charge in [-0.05, 0) is 34.1 Å². The van der Waals surface area contributed by atoms with E-state index in [-0.39, 0.29) is 6.54 Å². The zero-order chi connectivity index (χ0) is 11.5. The van der Waals surface area contributed by atoms with Gasteiger partial charge >= 0.3 is 0 Å². The normalized spacial score (nSPS) is 10.4. The Hall–Kier alpha value is -1.40. The van der Waals surface area contributed by atoms with Crippen LogP contribution in [0.3, 0.4) is 0 Å². The molecule has 2 aromatic rings. The monoisotopic (exact) mass is 283 g/mol. The SMILES string of the molecule is COc1ccc(Br)c(-c2nc(CN)no2)c1. The lowest BCUT2D eigenvalue weighted by molar-refractivity contribution is 0.412. The van der Waals surface area contributed by atoms with Gasteiger partial charge in [0.05, 0.1) is 19.2 Å². The van der Waals surface area contributed by atoms with Gasteiger partial charge < -0.3 is 15.0 Å². The van der Waals surface area contributed by atoms with Gasteiger partial charge in [-0.15, -0.1) is 0 Å². The average molecular weight is 284 g/mol. The summed E-state index contributed by atoms with van der Waals surface area (Å²) in [6, 6.07) is 5.52. The molecule has 1 aromatic heterocycles. The Morgan fingerprint density at radius 3 is 2.94 bits per heavy atom. The quantitative estimate of drug-likeness (QED) is 0.932. The molecule has 84 valence electrons. The number of halogens is 1. The minimum Gasteiger partial charge on any atom is -0.497 e. The van der Waals surface area contributed by atoms with Gasteiger partial charge in [0.25, 0.3) is 5.89 Å². The lowest BCUT2D eigenvalue weighted by atomic mass is 10.2. The van der Waals surface area contributed by atoms with Crippen molar-refractivity contribution in [2.75, 3.05) is 7.11 Å². The standard InChI is InChI=1S/C10H10BrN3O2/c1-15-6-2-3-8(11)7(4-6)10-13-9(5-12)14-16-10/h2-4H,5,12H2,1H3. The van der Waals surface area contributed by atoms with Crippen LogP contribution in [0.25, 0.3) is 11.5 Å². The molecule has 0 amide bonds. The Bertz CT molecular complexity index is 499. The summed E-state index contributed by atoms with van der Waals surface area (Å²) < 4.78 is 11.1. The van der Waals surface area contributed by atoms with Gasteiger partial charge in [0.1, 0.15) is 5.75 Å². The number of rotatable bonds is 3. The van der Waals surface area contributed by atoms with Crippen molar-refractivity contribution in [3.63, 3.8) is 0 Å². The molecule has 16 heavy (non-hydrogen) atoms. The number of benzene rings is 1. The third-order valence-electron chi connectivity index (χ3n) is 2.05. The number of methoxy groups -OCH3 is 1. The molecule has 0 atom stereocenters. The Kier molecular flexibility index (Phi) is 3.21. The molecular formula is C10H10BrN3O2. The fraction of sp³-hybridized carbons (Fsp3) is 0.200. The number of hydrogen-bond donors (Lipinski definition) is 1. The molecule has 0 radical (unpaired) electrons. The highest BCUT2D eigenvalue weighted by Gasteiger charge is 2.12. The van der Waals surface area contributed by atoms with E-state index in [4.69, 9.17) is 15.0 Å². The molecule has 2 rings (SSSR count). The summed E-state index contributed by atoms with van der Waals surface area (Å²) in [7, 11) is 1.60. The maximum Gasteiger partial charge on any atom is 0.259 e. The van der Waals surface area contributed by atoms with Crippen LogP contribution in [0.15, 0.2) is 27.2 Å². The smallest absolute Gasteiger partial charge is 0.259 e. The molecule has 5 nitrogen and oxygen atoms in total. The van der Waals surface area contributed by atoms with Crippen LogP contribution >= 0.6 is 15.9 Å². The van der Waals surface area contributed by atoms with Crippen molar-refractivity contribution >= 4 is 15.9 Å². The van der Waals surface area contributed by atoms with Crippen LogP contribution in [0.2, 0.25) is 0 Å². The molecule has 1 heterocycles. The van der Waals surface area contributed by atoms with Gasteiger partial charge in [0.15, 0.2) is 5.82 Å². The fourth-order valence-electron chi connectivity index (χ4n) is 1.24. The molecule has 0 fully saturated rings. The number of ether oxygens (including phenoxy) is 1. The van der Waals surface area contributed by atoms with E-state index in [1.54, 1.807) is 7.11 Å². The maximum absolute atomic E-state index is 5.41. The topological polar surface area (TPSA) is 74.2 Å². The first kappa shape index (κ1) is 11.1. The van der Waals surface area contributed by atoms with Crippen molar-refractivity contribution in [3.8, 4) is 17.2 Å². The second-order valence-corrected chi connectivity index (χ2v) is 3.92. The average Bonchev–Trinajstić information content (AvgIpc) is 2.78. The van der Waals surface area contributed by atoms with Crippen LogP contribution in [-0.4, -0.2) is 17.3 Å². The van der Waals surface area contributed by atoms with Crippen molar-refractivity contribution < 1.29 is 9.26 Å². The van der Waals surface area contributed by atoms with E-state index < -0.39 is 0 Å². The molecule has 0 saturated heterocycles. The number of aromatic nitrogens is 2. The molecule has 0 aliphatic heterocycles. The van der Waals surface area contributed by atoms with E-state index in [1.807, 2.05) is 18.2 Å². The summed E-state index contributed by atoms with van der Waals surface area (Å²) in [5, 5.41) is 3.73. The minimum atomic E-state index is 0.255. The van der Waals surface area contributed by atoms with E-state index in [9.17, 15) is 0 Å². The first-order valence-electron chi connectivity index (χ1n) is 4.61. The largest absolute Gasteiger partial charge is 0.497 e. The molecule has 0 aliphatic carbocycles. The second-order valence-electron chi connectivity index (χ2n) is 3.07. The second kappa shape index (κ2) is 4.63. The molecule has 1 aromatic carbocycles. The van der Waals surface area contributed by atoms with Crippen LogP contribution in [0, 0.1) is 0 Å². The highest BCUT2D eigenvalue weighted by Crippen LogP contribution is 2.30. The van der Waals surface area contributed by atoms with Gasteiger partial charge in [-0.2, -0.15) is 4.98 Å². The summed E-state index contributed by atoms with van der Waals surface area (Å²) in [4.78, 5) is 4.15. The first-order valence-corrected chi connectivity index (χ1v) is 5.40. The van der Waals surface area contributed by atoms with E-state index in [0.717, 1.165) is 15.8 Å². The Morgan fingerprint density at radius 2 is 2.31 bits per heavy atom. The summed E-state index contributed by atoms with van der Waals surface area (Å²) in [5.74, 6) is 1.63. The van der Waals surface area contributed by atoms with Crippen molar-refractivity contribution in [1.82, 2.24) is 10.1 Å². The van der Waals surface area contributed by atoms with Crippen LogP contribution in [-0.2, 0) is 6.54 Å².